The fourth-order valence-electron chi connectivity index (χ4n) is 1.41. The lowest BCUT2D eigenvalue weighted by Crippen LogP contribution is -2.45. The van der Waals surface area contributed by atoms with Gasteiger partial charge >= 0.3 is 0 Å². The molecule has 0 atom stereocenters. The first-order valence-electron chi connectivity index (χ1n) is 5.08. The predicted octanol–water partition coefficient (Wildman–Crippen LogP) is 2.10. The third kappa shape index (κ3) is 2.80. The number of thioether (sulfide) groups is 1. The molecule has 2 rings (SSSR count). The smallest absolute Gasteiger partial charge is 0.171 e. The zero-order chi connectivity index (χ0) is 11.4. The highest BCUT2D eigenvalue weighted by molar-refractivity contribution is 8.00. The van der Waals surface area contributed by atoms with Crippen molar-refractivity contribution in [1.29, 1.82) is 0 Å². The maximum Gasteiger partial charge on any atom is 0.171 e. The molecule has 1 saturated heterocycles. The monoisotopic (exact) mass is 254 g/mol. The van der Waals surface area contributed by atoms with Gasteiger partial charge in [-0.2, -0.15) is 11.8 Å². The van der Waals surface area contributed by atoms with Crippen molar-refractivity contribution >= 4 is 34.8 Å². The fourth-order valence-corrected chi connectivity index (χ4v) is 2.33. The molecule has 3 nitrogen and oxygen atoms in total. The molecule has 1 heterocycles. The molecule has 2 N–H and O–H groups in total. The van der Waals surface area contributed by atoms with Crippen LogP contribution in [0.2, 0.25) is 0 Å². The molecule has 0 saturated carbocycles. The van der Waals surface area contributed by atoms with E-state index in [1.807, 2.05) is 36.0 Å². The molecule has 1 aromatic rings. The number of anilines is 1. The van der Waals surface area contributed by atoms with E-state index in [4.69, 9.17) is 17.0 Å². The van der Waals surface area contributed by atoms with Crippen molar-refractivity contribution in [3.63, 3.8) is 0 Å². The van der Waals surface area contributed by atoms with Gasteiger partial charge in [-0.3, -0.25) is 0 Å². The van der Waals surface area contributed by atoms with E-state index in [2.05, 4.69) is 10.6 Å². The summed E-state index contributed by atoms with van der Waals surface area (Å²) in [7, 11) is 1.65. The molecular weight excluding hydrogens is 240 g/mol. The highest BCUT2D eigenvalue weighted by atomic mass is 32.2. The Morgan fingerprint density at radius 3 is 2.81 bits per heavy atom. The zero-order valence-corrected chi connectivity index (χ0v) is 10.7. The fraction of sp³-hybridized carbons (Fsp3) is 0.364. The van der Waals surface area contributed by atoms with Crippen LogP contribution in [0.25, 0.3) is 0 Å². The molecule has 0 aromatic heterocycles. The van der Waals surface area contributed by atoms with Gasteiger partial charge in [0.05, 0.1) is 12.8 Å². The number of methoxy groups -OCH3 is 1. The van der Waals surface area contributed by atoms with Crippen molar-refractivity contribution in [2.45, 2.75) is 6.04 Å². The molecule has 0 aliphatic carbocycles. The lowest BCUT2D eigenvalue weighted by Gasteiger charge is -2.27. The minimum atomic E-state index is 0.514. The van der Waals surface area contributed by atoms with E-state index in [1.165, 1.54) is 0 Å². The highest BCUT2D eigenvalue weighted by Crippen LogP contribution is 2.23. The minimum Gasteiger partial charge on any atom is -0.495 e. The minimum absolute atomic E-state index is 0.514. The first-order chi connectivity index (χ1) is 7.79. The Morgan fingerprint density at radius 2 is 2.19 bits per heavy atom. The van der Waals surface area contributed by atoms with Gasteiger partial charge in [-0.15, -0.1) is 0 Å². The summed E-state index contributed by atoms with van der Waals surface area (Å²) in [4.78, 5) is 0. The van der Waals surface area contributed by atoms with Gasteiger partial charge in [0.15, 0.2) is 5.11 Å². The molecule has 86 valence electrons. The molecule has 0 bridgehead atoms. The van der Waals surface area contributed by atoms with Gasteiger partial charge in [0.1, 0.15) is 5.75 Å². The van der Waals surface area contributed by atoms with Gasteiger partial charge in [0.2, 0.25) is 0 Å². The van der Waals surface area contributed by atoms with Gasteiger partial charge in [0, 0.05) is 17.5 Å². The average Bonchev–Trinajstić information content (AvgIpc) is 2.24. The summed E-state index contributed by atoms with van der Waals surface area (Å²) in [6, 6.07) is 8.25. The Hall–Kier alpha value is -0.940. The zero-order valence-electron chi connectivity index (χ0n) is 9.03. The number of thiocarbonyl (C=S) groups is 1. The molecule has 5 heteroatoms. The van der Waals surface area contributed by atoms with Crippen LogP contribution in [-0.2, 0) is 0 Å². The quantitative estimate of drug-likeness (QED) is 0.807. The van der Waals surface area contributed by atoms with Crippen molar-refractivity contribution in [1.82, 2.24) is 5.32 Å². The van der Waals surface area contributed by atoms with Crippen molar-refractivity contribution in [2.75, 3.05) is 23.9 Å². The summed E-state index contributed by atoms with van der Waals surface area (Å²) in [6.07, 6.45) is 0. The maximum absolute atomic E-state index is 5.24. The van der Waals surface area contributed by atoms with E-state index >= 15 is 0 Å². The van der Waals surface area contributed by atoms with E-state index in [-0.39, 0.29) is 0 Å². The third-order valence-electron chi connectivity index (χ3n) is 2.33. The molecule has 1 fully saturated rings. The number of para-hydroxylation sites is 2. The van der Waals surface area contributed by atoms with E-state index in [0.29, 0.717) is 11.2 Å². The predicted molar refractivity (Wildman–Crippen MR) is 73.5 cm³/mol. The molecule has 1 aliphatic heterocycles. The SMILES string of the molecule is COc1ccccc1NC(=S)NC1CSC1. The van der Waals surface area contributed by atoms with Crippen LogP contribution in [-0.4, -0.2) is 29.8 Å². The molecule has 1 aliphatic rings. The second-order valence-electron chi connectivity index (χ2n) is 3.53. The van der Waals surface area contributed by atoms with Crippen molar-refractivity contribution in [2.24, 2.45) is 0 Å². The summed E-state index contributed by atoms with van der Waals surface area (Å²) < 4.78 is 5.24. The average molecular weight is 254 g/mol. The summed E-state index contributed by atoms with van der Waals surface area (Å²) in [5.41, 5.74) is 0.898. The van der Waals surface area contributed by atoms with E-state index in [0.717, 1.165) is 22.9 Å². The van der Waals surface area contributed by atoms with Crippen LogP contribution < -0.4 is 15.4 Å². The van der Waals surface area contributed by atoms with Gasteiger partial charge < -0.3 is 15.4 Å². The second kappa shape index (κ2) is 5.41. The Kier molecular flexibility index (Phi) is 3.90. The van der Waals surface area contributed by atoms with Crippen molar-refractivity contribution in [3.8, 4) is 5.75 Å². The largest absolute Gasteiger partial charge is 0.495 e. The Morgan fingerprint density at radius 1 is 1.44 bits per heavy atom. The lowest BCUT2D eigenvalue weighted by atomic mass is 10.3. The summed E-state index contributed by atoms with van der Waals surface area (Å²) >= 11 is 7.16. The van der Waals surface area contributed by atoms with E-state index < -0.39 is 0 Å². The number of rotatable bonds is 3. The Bertz CT molecular complexity index is 380. The number of hydrogen-bond acceptors (Lipinski definition) is 3. The van der Waals surface area contributed by atoms with Crippen LogP contribution in [0, 0.1) is 0 Å². The van der Waals surface area contributed by atoms with Crippen LogP contribution in [0.4, 0.5) is 5.69 Å². The molecule has 16 heavy (non-hydrogen) atoms. The number of hydrogen-bond donors (Lipinski definition) is 2. The molecule has 0 amide bonds. The molecule has 0 radical (unpaired) electrons. The summed E-state index contributed by atoms with van der Waals surface area (Å²) in [5.74, 6) is 3.07. The Balaban J connectivity index is 1.94. The topological polar surface area (TPSA) is 33.3 Å². The van der Waals surface area contributed by atoms with Crippen LogP contribution >= 0.6 is 24.0 Å². The van der Waals surface area contributed by atoms with Crippen LogP contribution in [0.15, 0.2) is 24.3 Å². The van der Waals surface area contributed by atoms with Crippen LogP contribution in [0.1, 0.15) is 0 Å². The third-order valence-corrected chi connectivity index (χ3v) is 3.82. The first-order valence-corrected chi connectivity index (χ1v) is 6.64. The van der Waals surface area contributed by atoms with Gasteiger partial charge in [-0.05, 0) is 24.4 Å². The first kappa shape index (κ1) is 11.5. The lowest BCUT2D eigenvalue weighted by molar-refractivity contribution is 0.417. The molecule has 0 unspecified atom stereocenters. The number of benzene rings is 1. The number of ether oxygens (including phenoxy) is 1. The van der Waals surface area contributed by atoms with Gasteiger partial charge in [-0.25, -0.2) is 0 Å². The van der Waals surface area contributed by atoms with E-state index in [1.54, 1.807) is 7.11 Å². The van der Waals surface area contributed by atoms with Crippen LogP contribution in [0.5, 0.6) is 5.75 Å². The van der Waals surface area contributed by atoms with Crippen LogP contribution in [0.3, 0.4) is 0 Å². The normalized spacial score (nSPS) is 15.1. The van der Waals surface area contributed by atoms with E-state index in [9.17, 15) is 0 Å². The summed E-state index contributed by atoms with van der Waals surface area (Å²) in [6.45, 7) is 0. The number of nitrogens with one attached hydrogen (secondary N) is 2. The van der Waals surface area contributed by atoms with Gasteiger partial charge in [-0.1, -0.05) is 12.1 Å². The highest BCUT2D eigenvalue weighted by Gasteiger charge is 2.18. The van der Waals surface area contributed by atoms with Crippen molar-refractivity contribution < 1.29 is 4.74 Å². The molecule has 1 aromatic carbocycles. The molecule has 0 spiro atoms. The second-order valence-corrected chi connectivity index (χ2v) is 5.02. The Labute approximate surface area is 105 Å². The summed E-state index contributed by atoms with van der Waals surface area (Å²) in [5, 5.41) is 7.07. The maximum atomic E-state index is 5.24. The molecular formula is C11H14N2OS2. The standard InChI is InChI=1S/C11H14N2OS2/c1-14-10-5-3-2-4-9(10)13-11(15)12-8-6-16-7-8/h2-5,8H,6-7H2,1H3,(H2,12,13,15). The van der Waals surface area contributed by atoms with Gasteiger partial charge in [0.25, 0.3) is 0 Å². The van der Waals surface area contributed by atoms with Crippen molar-refractivity contribution in [3.05, 3.63) is 24.3 Å².